The lowest BCUT2D eigenvalue weighted by Crippen LogP contribution is -1.94. The Hall–Kier alpha value is -2.37. The van der Waals surface area contributed by atoms with Crippen LogP contribution in [0.15, 0.2) is 36.4 Å². The van der Waals surface area contributed by atoms with Gasteiger partial charge in [0.25, 0.3) is 0 Å². The Labute approximate surface area is 99.6 Å². The fraction of sp³-hybridized carbons (Fsp3) is 0. The molecule has 0 fully saturated rings. The quantitative estimate of drug-likeness (QED) is 0.605. The molecular formula is C12H6F3NO2. The molecule has 2 rings (SSSR count). The van der Waals surface area contributed by atoms with Gasteiger partial charge < -0.3 is 0 Å². The molecule has 0 spiro atoms. The van der Waals surface area contributed by atoms with E-state index in [-0.39, 0.29) is 11.1 Å². The van der Waals surface area contributed by atoms with Gasteiger partial charge in [0.2, 0.25) is 5.82 Å². The van der Waals surface area contributed by atoms with E-state index in [1.54, 1.807) is 0 Å². The molecule has 0 aliphatic rings. The van der Waals surface area contributed by atoms with Crippen LogP contribution in [0.4, 0.5) is 18.9 Å². The maximum Gasteiger partial charge on any atom is 0.305 e. The molecule has 3 nitrogen and oxygen atoms in total. The molecule has 2 aromatic carbocycles. The molecule has 92 valence electrons. The van der Waals surface area contributed by atoms with E-state index < -0.39 is 28.1 Å². The Balaban J connectivity index is 2.61. The van der Waals surface area contributed by atoms with Crippen LogP contribution in [0.3, 0.4) is 0 Å². The lowest BCUT2D eigenvalue weighted by Gasteiger charge is -2.04. The molecule has 2 aromatic rings. The fourth-order valence-electron chi connectivity index (χ4n) is 1.54. The van der Waals surface area contributed by atoms with Crippen molar-refractivity contribution in [3.05, 3.63) is 64.0 Å². The summed E-state index contributed by atoms with van der Waals surface area (Å²) in [6.07, 6.45) is 0. The molecular weight excluding hydrogens is 247 g/mol. The second-order valence-electron chi connectivity index (χ2n) is 3.55. The van der Waals surface area contributed by atoms with Crippen molar-refractivity contribution in [3.63, 3.8) is 0 Å². The maximum atomic E-state index is 13.5. The van der Waals surface area contributed by atoms with Crippen LogP contribution in [0.25, 0.3) is 11.1 Å². The van der Waals surface area contributed by atoms with Crippen LogP contribution < -0.4 is 0 Å². The van der Waals surface area contributed by atoms with Gasteiger partial charge in [0.05, 0.1) is 4.92 Å². The van der Waals surface area contributed by atoms with Crippen molar-refractivity contribution < 1.29 is 18.1 Å². The zero-order valence-electron chi connectivity index (χ0n) is 8.86. The van der Waals surface area contributed by atoms with E-state index in [2.05, 4.69) is 0 Å². The minimum Gasteiger partial charge on any atom is -0.258 e. The number of nitro groups is 1. The average molecular weight is 253 g/mol. The van der Waals surface area contributed by atoms with Crippen molar-refractivity contribution in [2.75, 3.05) is 0 Å². The van der Waals surface area contributed by atoms with Crippen molar-refractivity contribution in [3.8, 4) is 11.1 Å². The van der Waals surface area contributed by atoms with Crippen molar-refractivity contribution in [2.45, 2.75) is 0 Å². The first-order chi connectivity index (χ1) is 8.49. The van der Waals surface area contributed by atoms with Gasteiger partial charge >= 0.3 is 5.69 Å². The Morgan fingerprint density at radius 2 is 1.61 bits per heavy atom. The first kappa shape index (κ1) is 12.1. The largest absolute Gasteiger partial charge is 0.305 e. The van der Waals surface area contributed by atoms with Crippen molar-refractivity contribution in [1.82, 2.24) is 0 Å². The normalized spacial score (nSPS) is 10.4. The first-order valence-corrected chi connectivity index (χ1v) is 4.88. The van der Waals surface area contributed by atoms with Crippen LogP contribution in [0.1, 0.15) is 0 Å². The van der Waals surface area contributed by atoms with Gasteiger partial charge in [-0.1, -0.05) is 6.07 Å². The van der Waals surface area contributed by atoms with Gasteiger partial charge in [-0.05, 0) is 29.8 Å². The van der Waals surface area contributed by atoms with Crippen LogP contribution in [-0.4, -0.2) is 4.92 Å². The predicted molar refractivity (Wildman–Crippen MR) is 58.4 cm³/mol. The zero-order chi connectivity index (χ0) is 13.3. The topological polar surface area (TPSA) is 43.1 Å². The monoisotopic (exact) mass is 253 g/mol. The summed E-state index contributed by atoms with van der Waals surface area (Å²) in [7, 11) is 0. The van der Waals surface area contributed by atoms with Gasteiger partial charge in [-0.3, -0.25) is 10.1 Å². The maximum absolute atomic E-state index is 13.5. The summed E-state index contributed by atoms with van der Waals surface area (Å²) in [6.45, 7) is 0. The lowest BCUT2D eigenvalue weighted by molar-refractivity contribution is -0.387. The van der Waals surface area contributed by atoms with E-state index in [0.29, 0.717) is 0 Å². The third kappa shape index (κ3) is 2.17. The van der Waals surface area contributed by atoms with Gasteiger partial charge in [-0.2, -0.15) is 4.39 Å². The molecule has 0 aliphatic heterocycles. The summed E-state index contributed by atoms with van der Waals surface area (Å²) in [6, 6.07) is 5.59. The smallest absolute Gasteiger partial charge is 0.258 e. The summed E-state index contributed by atoms with van der Waals surface area (Å²) in [5.41, 5.74) is -0.894. The van der Waals surface area contributed by atoms with Crippen LogP contribution in [0.5, 0.6) is 0 Å². The minimum absolute atomic E-state index is 0.0418. The van der Waals surface area contributed by atoms with E-state index in [4.69, 9.17) is 0 Å². The predicted octanol–water partition coefficient (Wildman–Crippen LogP) is 3.68. The van der Waals surface area contributed by atoms with Crippen LogP contribution in [0.2, 0.25) is 0 Å². The van der Waals surface area contributed by atoms with E-state index in [9.17, 15) is 23.3 Å². The van der Waals surface area contributed by atoms with Crippen molar-refractivity contribution >= 4 is 5.69 Å². The number of nitro benzene ring substituents is 1. The van der Waals surface area contributed by atoms with Crippen LogP contribution >= 0.6 is 0 Å². The molecule has 0 radical (unpaired) electrons. The highest BCUT2D eigenvalue weighted by molar-refractivity contribution is 5.67. The molecule has 0 heterocycles. The van der Waals surface area contributed by atoms with Crippen LogP contribution in [0, 0.1) is 27.6 Å². The summed E-state index contributed by atoms with van der Waals surface area (Å²) < 4.78 is 39.6. The SMILES string of the molecule is O=[N+]([O-])c1cc(-c2cc(F)ccc2F)ccc1F. The van der Waals surface area contributed by atoms with Crippen molar-refractivity contribution in [2.24, 2.45) is 0 Å². The highest BCUT2D eigenvalue weighted by Gasteiger charge is 2.16. The fourth-order valence-corrected chi connectivity index (χ4v) is 1.54. The Morgan fingerprint density at radius 3 is 2.28 bits per heavy atom. The molecule has 0 amide bonds. The van der Waals surface area contributed by atoms with Gasteiger partial charge in [0, 0.05) is 11.6 Å². The standard InChI is InChI=1S/C12H6F3NO2/c13-8-2-4-10(14)9(6-8)7-1-3-11(15)12(5-7)16(17)18/h1-6H. The summed E-state index contributed by atoms with van der Waals surface area (Å²) in [5.74, 6) is -2.45. The number of hydrogen-bond acceptors (Lipinski definition) is 2. The molecule has 0 atom stereocenters. The number of benzene rings is 2. The summed E-state index contributed by atoms with van der Waals surface area (Å²) in [4.78, 5) is 9.63. The molecule has 0 saturated carbocycles. The average Bonchev–Trinajstić information content (AvgIpc) is 2.33. The van der Waals surface area contributed by atoms with E-state index in [1.165, 1.54) is 0 Å². The number of rotatable bonds is 2. The number of hydrogen-bond donors (Lipinski definition) is 0. The molecule has 0 N–H and O–H groups in total. The highest BCUT2D eigenvalue weighted by atomic mass is 19.1. The van der Waals surface area contributed by atoms with E-state index in [0.717, 1.165) is 36.4 Å². The first-order valence-electron chi connectivity index (χ1n) is 4.88. The van der Waals surface area contributed by atoms with Crippen LogP contribution in [-0.2, 0) is 0 Å². The van der Waals surface area contributed by atoms with E-state index in [1.807, 2.05) is 0 Å². The molecule has 0 bridgehead atoms. The zero-order valence-corrected chi connectivity index (χ0v) is 8.86. The second-order valence-corrected chi connectivity index (χ2v) is 3.55. The van der Waals surface area contributed by atoms with Gasteiger partial charge in [0.1, 0.15) is 11.6 Å². The molecule has 0 unspecified atom stereocenters. The van der Waals surface area contributed by atoms with Crippen molar-refractivity contribution in [1.29, 1.82) is 0 Å². The Morgan fingerprint density at radius 1 is 0.944 bits per heavy atom. The molecule has 6 heteroatoms. The van der Waals surface area contributed by atoms with Gasteiger partial charge in [-0.15, -0.1) is 0 Å². The third-order valence-electron chi connectivity index (χ3n) is 2.38. The minimum atomic E-state index is -1.03. The summed E-state index contributed by atoms with van der Waals surface area (Å²) >= 11 is 0. The van der Waals surface area contributed by atoms with Gasteiger partial charge in [0.15, 0.2) is 0 Å². The molecule has 0 saturated heterocycles. The highest BCUT2D eigenvalue weighted by Crippen LogP contribution is 2.28. The number of nitrogens with zero attached hydrogens (tertiary/aromatic N) is 1. The lowest BCUT2D eigenvalue weighted by atomic mass is 10.0. The third-order valence-corrected chi connectivity index (χ3v) is 2.38. The Kier molecular flexibility index (Phi) is 3.01. The number of halogens is 3. The second kappa shape index (κ2) is 4.48. The summed E-state index contributed by atoms with van der Waals surface area (Å²) in [5, 5.41) is 10.6. The van der Waals surface area contributed by atoms with Gasteiger partial charge in [-0.25, -0.2) is 8.78 Å². The molecule has 18 heavy (non-hydrogen) atoms. The van der Waals surface area contributed by atoms with E-state index >= 15 is 0 Å². The molecule has 0 aromatic heterocycles. The Bertz CT molecular complexity index is 629. The molecule has 0 aliphatic carbocycles.